The highest BCUT2D eigenvalue weighted by Crippen LogP contribution is 2.31. The number of hydrogen-bond acceptors (Lipinski definition) is 6. The Morgan fingerprint density at radius 3 is 2.55 bits per heavy atom. The summed E-state index contributed by atoms with van der Waals surface area (Å²) in [5.41, 5.74) is -0.275. The van der Waals surface area contributed by atoms with Crippen LogP contribution in [0.25, 0.3) is 0 Å². The van der Waals surface area contributed by atoms with E-state index in [1.165, 1.54) is 0 Å². The van der Waals surface area contributed by atoms with Gasteiger partial charge in [0.05, 0.1) is 17.0 Å². The molecule has 0 unspecified atom stereocenters. The van der Waals surface area contributed by atoms with Gasteiger partial charge in [-0.25, -0.2) is 0 Å². The van der Waals surface area contributed by atoms with Gasteiger partial charge in [0.2, 0.25) is 0 Å². The molecule has 0 spiro atoms. The second kappa shape index (κ2) is 4.65. The van der Waals surface area contributed by atoms with E-state index in [4.69, 9.17) is 4.55 Å². The lowest BCUT2D eigenvalue weighted by molar-refractivity contribution is -0.385. The van der Waals surface area contributed by atoms with Gasteiger partial charge in [-0.3, -0.25) is 19.5 Å². The molecule has 1 heterocycles. The van der Waals surface area contributed by atoms with Gasteiger partial charge < -0.3 is 0 Å². The van der Waals surface area contributed by atoms with E-state index in [1.54, 1.807) is 6.92 Å². The maximum atomic E-state index is 11.7. The van der Waals surface area contributed by atoms with Crippen LogP contribution in [0.1, 0.15) is 13.3 Å². The van der Waals surface area contributed by atoms with Gasteiger partial charge in [-0.1, -0.05) is 0 Å². The highest BCUT2D eigenvalue weighted by atomic mass is 32.2. The van der Waals surface area contributed by atoms with Crippen molar-refractivity contribution in [1.29, 1.82) is 0 Å². The van der Waals surface area contributed by atoms with Crippen molar-refractivity contribution in [3.8, 4) is 0 Å². The summed E-state index contributed by atoms with van der Waals surface area (Å²) in [7, 11) is -4.74. The largest absolute Gasteiger partial charge is 0.296 e. The summed E-state index contributed by atoms with van der Waals surface area (Å²) in [6.07, 6.45) is 0.0158. The Hall–Kier alpha value is -2.33. The molecule has 0 saturated heterocycles. The molecule has 2 rings (SSSR count). The van der Waals surface area contributed by atoms with Gasteiger partial charge in [-0.05, 0) is 13.0 Å². The van der Waals surface area contributed by atoms with Gasteiger partial charge in [-0.2, -0.15) is 18.5 Å². The summed E-state index contributed by atoms with van der Waals surface area (Å²) in [5.74, 6) is -0.485. The quantitative estimate of drug-likeness (QED) is 0.502. The van der Waals surface area contributed by atoms with Gasteiger partial charge in [0.1, 0.15) is 4.90 Å². The molecular formula is C10H9N3O6S. The molecule has 1 aromatic carbocycles. The Balaban J connectivity index is 2.65. The number of hydrazone groups is 1. The van der Waals surface area contributed by atoms with Crippen molar-refractivity contribution in [2.75, 3.05) is 5.01 Å². The zero-order valence-electron chi connectivity index (χ0n) is 10.2. The highest BCUT2D eigenvalue weighted by molar-refractivity contribution is 7.86. The summed E-state index contributed by atoms with van der Waals surface area (Å²) in [6.45, 7) is 1.58. The maximum Gasteiger partial charge on any atom is 0.296 e. The molecule has 106 valence electrons. The summed E-state index contributed by atoms with van der Waals surface area (Å²) in [6, 6.07) is 2.77. The fourth-order valence-electron chi connectivity index (χ4n) is 1.74. The molecule has 20 heavy (non-hydrogen) atoms. The number of nitro groups is 1. The lowest BCUT2D eigenvalue weighted by atomic mass is 10.2. The predicted molar refractivity (Wildman–Crippen MR) is 68.1 cm³/mol. The molecule has 1 aliphatic rings. The van der Waals surface area contributed by atoms with Gasteiger partial charge in [0.15, 0.2) is 0 Å². The Morgan fingerprint density at radius 1 is 1.45 bits per heavy atom. The van der Waals surface area contributed by atoms with Crippen molar-refractivity contribution < 1.29 is 22.7 Å². The van der Waals surface area contributed by atoms with Crippen LogP contribution < -0.4 is 5.01 Å². The van der Waals surface area contributed by atoms with Gasteiger partial charge in [-0.15, -0.1) is 0 Å². The number of carbonyl (C=O) groups is 1. The first-order valence-electron chi connectivity index (χ1n) is 5.33. The van der Waals surface area contributed by atoms with Crippen LogP contribution in [0.15, 0.2) is 28.2 Å². The molecule has 0 radical (unpaired) electrons. The van der Waals surface area contributed by atoms with Crippen molar-refractivity contribution in [3.05, 3.63) is 28.3 Å². The topological polar surface area (TPSA) is 130 Å². The summed E-state index contributed by atoms with van der Waals surface area (Å²) in [5, 5.41) is 15.3. The summed E-state index contributed by atoms with van der Waals surface area (Å²) >= 11 is 0. The number of hydrogen-bond donors (Lipinski definition) is 1. The predicted octanol–water partition coefficient (Wildman–Crippen LogP) is 0.954. The summed E-state index contributed by atoms with van der Waals surface area (Å²) < 4.78 is 31.8. The van der Waals surface area contributed by atoms with Crippen molar-refractivity contribution in [3.63, 3.8) is 0 Å². The molecule has 0 saturated carbocycles. The minimum absolute atomic E-state index is 0.0158. The van der Waals surface area contributed by atoms with Crippen molar-refractivity contribution >= 4 is 33.1 Å². The van der Waals surface area contributed by atoms with Gasteiger partial charge >= 0.3 is 0 Å². The third kappa shape index (κ3) is 2.51. The van der Waals surface area contributed by atoms with Gasteiger partial charge in [0.25, 0.3) is 21.7 Å². The Morgan fingerprint density at radius 2 is 2.10 bits per heavy atom. The van der Waals surface area contributed by atoms with Crippen molar-refractivity contribution in [2.24, 2.45) is 5.10 Å². The second-order valence-electron chi connectivity index (χ2n) is 4.10. The molecule has 1 aliphatic heterocycles. The van der Waals surface area contributed by atoms with E-state index < -0.39 is 31.5 Å². The first kappa shape index (κ1) is 14.1. The molecule has 9 nitrogen and oxygen atoms in total. The molecule has 0 aromatic heterocycles. The average Bonchev–Trinajstić information content (AvgIpc) is 2.66. The molecule has 1 amide bonds. The fourth-order valence-corrected chi connectivity index (χ4v) is 2.43. The standard InChI is InChI=1S/C10H9N3O6S/c1-6-4-10(14)12(11-6)8-3-2-7(13(15)16)5-9(8)20(17,18)19/h2-3,5H,4H2,1H3,(H,17,18,19). The number of benzene rings is 1. The normalized spacial score (nSPS) is 15.4. The Bertz CT molecular complexity index is 739. The zero-order chi connectivity index (χ0) is 15.1. The second-order valence-corrected chi connectivity index (χ2v) is 5.49. The maximum absolute atomic E-state index is 11.7. The molecule has 0 aliphatic carbocycles. The molecule has 10 heteroatoms. The van der Waals surface area contributed by atoms with Crippen LogP contribution in [0.5, 0.6) is 0 Å². The monoisotopic (exact) mass is 299 g/mol. The van der Waals surface area contributed by atoms with E-state index in [2.05, 4.69) is 5.10 Å². The number of rotatable bonds is 3. The zero-order valence-corrected chi connectivity index (χ0v) is 11.0. The number of non-ortho nitro benzene ring substituents is 1. The number of anilines is 1. The van der Waals surface area contributed by atoms with Crippen LogP contribution in [-0.4, -0.2) is 29.5 Å². The minimum atomic E-state index is -4.74. The fraction of sp³-hybridized carbons (Fsp3) is 0.200. The Labute approximate surface area is 113 Å². The van der Waals surface area contributed by atoms with E-state index in [-0.39, 0.29) is 12.1 Å². The van der Waals surface area contributed by atoms with E-state index in [1.807, 2.05) is 0 Å². The van der Waals surface area contributed by atoms with Crippen molar-refractivity contribution in [1.82, 2.24) is 0 Å². The smallest absolute Gasteiger partial charge is 0.282 e. The average molecular weight is 299 g/mol. The molecule has 0 bridgehead atoms. The first-order chi connectivity index (χ1) is 9.20. The van der Waals surface area contributed by atoms with Crippen LogP contribution in [-0.2, 0) is 14.9 Å². The first-order valence-corrected chi connectivity index (χ1v) is 6.77. The number of carbonyl (C=O) groups excluding carboxylic acids is 1. The van der Waals surface area contributed by atoms with Crippen molar-refractivity contribution in [2.45, 2.75) is 18.2 Å². The number of amides is 1. The SMILES string of the molecule is CC1=NN(c2ccc([N+](=O)[O-])cc2S(=O)(=O)O)C(=O)C1. The number of nitro benzene ring substituents is 1. The molecule has 1 N–H and O–H groups in total. The van der Waals surface area contributed by atoms with E-state index in [0.29, 0.717) is 11.8 Å². The number of nitrogens with zero attached hydrogens (tertiary/aromatic N) is 3. The molecule has 0 atom stereocenters. The van der Waals surface area contributed by atoms with E-state index >= 15 is 0 Å². The summed E-state index contributed by atoms with van der Waals surface area (Å²) in [4.78, 5) is 20.8. The van der Waals surface area contributed by atoms with Crippen LogP contribution in [0, 0.1) is 10.1 Å². The van der Waals surface area contributed by atoms with Gasteiger partial charge in [0, 0.05) is 17.8 Å². The Kier molecular flexibility index (Phi) is 3.28. The van der Waals surface area contributed by atoms with Crippen LogP contribution in [0.4, 0.5) is 11.4 Å². The van der Waals surface area contributed by atoms with E-state index in [9.17, 15) is 23.3 Å². The minimum Gasteiger partial charge on any atom is -0.282 e. The van der Waals surface area contributed by atoms with E-state index in [0.717, 1.165) is 17.1 Å². The third-order valence-electron chi connectivity index (χ3n) is 2.57. The van der Waals surface area contributed by atoms with Crippen LogP contribution >= 0.6 is 0 Å². The highest BCUT2D eigenvalue weighted by Gasteiger charge is 2.30. The lowest BCUT2D eigenvalue weighted by Crippen LogP contribution is -2.22. The van der Waals surface area contributed by atoms with Crippen LogP contribution in [0.3, 0.4) is 0 Å². The van der Waals surface area contributed by atoms with Crippen LogP contribution in [0.2, 0.25) is 0 Å². The lowest BCUT2D eigenvalue weighted by Gasteiger charge is -2.14. The molecule has 1 aromatic rings. The molecule has 0 fully saturated rings. The molecular weight excluding hydrogens is 290 g/mol. The third-order valence-corrected chi connectivity index (χ3v) is 3.46.